The molecule has 2 fully saturated rings. The Labute approximate surface area is 125 Å². The summed E-state index contributed by atoms with van der Waals surface area (Å²) in [4.78, 5) is 2.78. The van der Waals surface area contributed by atoms with Crippen molar-refractivity contribution in [1.82, 2.24) is 10.2 Å². The molecule has 118 valence electrons. The van der Waals surface area contributed by atoms with Gasteiger partial charge in [-0.1, -0.05) is 33.1 Å². The molecule has 1 saturated carbocycles. The van der Waals surface area contributed by atoms with E-state index in [4.69, 9.17) is 4.74 Å². The summed E-state index contributed by atoms with van der Waals surface area (Å²) in [6.45, 7) is 10.0. The van der Waals surface area contributed by atoms with Crippen molar-refractivity contribution in [2.24, 2.45) is 0 Å². The van der Waals surface area contributed by atoms with Crippen LogP contribution in [0.5, 0.6) is 0 Å². The summed E-state index contributed by atoms with van der Waals surface area (Å²) in [5.41, 5.74) is 0. The fourth-order valence-corrected chi connectivity index (χ4v) is 3.88. The lowest BCUT2D eigenvalue weighted by Crippen LogP contribution is -2.58. The number of nitrogens with one attached hydrogen (secondary N) is 1. The maximum Gasteiger partial charge on any atom is 0.0674 e. The number of hydrogen-bond donors (Lipinski definition) is 1. The van der Waals surface area contributed by atoms with Gasteiger partial charge in [0.05, 0.1) is 12.7 Å². The topological polar surface area (TPSA) is 24.5 Å². The Morgan fingerprint density at radius 3 is 2.70 bits per heavy atom. The third-order valence-electron chi connectivity index (χ3n) is 5.04. The summed E-state index contributed by atoms with van der Waals surface area (Å²) in [6.07, 6.45) is 9.78. The highest BCUT2D eigenvalue weighted by molar-refractivity contribution is 4.92. The van der Waals surface area contributed by atoms with Crippen LogP contribution >= 0.6 is 0 Å². The zero-order chi connectivity index (χ0) is 14.4. The predicted octanol–water partition coefficient (Wildman–Crippen LogP) is 3.19. The van der Waals surface area contributed by atoms with E-state index in [2.05, 4.69) is 31.0 Å². The summed E-state index contributed by atoms with van der Waals surface area (Å²) in [5, 5.41) is 3.84. The molecule has 0 aromatic rings. The van der Waals surface area contributed by atoms with Crippen molar-refractivity contribution in [3.63, 3.8) is 0 Å². The molecule has 3 heteroatoms. The smallest absolute Gasteiger partial charge is 0.0674 e. The Morgan fingerprint density at radius 2 is 1.95 bits per heavy atom. The van der Waals surface area contributed by atoms with E-state index in [0.717, 1.165) is 25.7 Å². The van der Waals surface area contributed by atoms with Gasteiger partial charge in [-0.15, -0.1) is 0 Å². The van der Waals surface area contributed by atoms with Gasteiger partial charge >= 0.3 is 0 Å². The average Bonchev–Trinajstić information content (AvgIpc) is 2.70. The van der Waals surface area contributed by atoms with Crippen molar-refractivity contribution in [3.05, 3.63) is 0 Å². The highest BCUT2D eigenvalue weighted by Gasteiger charge is 2.35. The van der Waals surface area contributed by atoms with Gasteiger partial charge in [-0.3, -0.25) is 4.90 Å². The Hall–Kier alpha value is -0.120. The van der Waals surface area contributed by atoms with Gasteiger partial charge in [0.2, 0.25) is 0 Å². The minimum atomic E-state index is 0.396. The average molecular weight is 282 g/mol. The maximum absolute atomic E-state index is 5.89. The maximum atomic E-state index is 5.89. The molecule has 2 aliphatic rings. The summed E-state index contributed by atoms with van der Waals surface area (Å²) in [7, 11) is 0. The highest BCUT2D eigenvalue weighted by atomic mass is 16.5. The first kappa shape index (κ1) is 16.3. The molecule has 1 heterocycles. The lowest BCUT2D eigenvalue weighted by molar-refractivity contribution is -0.0787. The van der Waals surface area contributed by atoms with Crippen molar-refractivity contribution >= 4 is 0 Å². The molecule has 4 atom stereocenters. The van der Waals surface area contributed by atoms with E-state index < -0.39 is 0 Å². The monoisotopic (exact) mass is 282 g/mol. The molecule has 4 unspecified atom stereocenters. The lowest BCUT2D eigenvalue weighted by Gasteiger charge is -2.45. The number of rotatable bonds is 5. The molecule has 1 aliphatic heterocycles. The van der Waals surface area contributed by atoms with Gasteiger partial charge in [0.25, 0.3) is 0 Å². The van der Waals surface area contributed by atoms with Crippen LogP contribution in [0.15, 0.2) is 0 Å². The fourth-order valence-electron chi connectivity index (χ4n) is 3.88. The number of hydrogen-bond acceptors (Lipinski definition) is 3. The molecule has 0 aromatic heterocycles. The van der Waals surface area contributed by atoms with E-state index in [1.807, 2.05) is 0 Å². The molecule has 0 aromatic carbocycles. The van der Waals surface area contributed by atoms with E-state index in [1.165, 1.54) is 44.9 Å². The zero-order valence-corrected chi connectivity index (χ0v) is 13.7. The number of morpholine rings is 1. The van der Waals surface area contributed by atoms with Crippen molar-refractivity contribution in [2.75, 3.05) is 19.7 Å². The molecule has 0 spiro atoms. The third-order valence-corrected chi connectivity index (χ3v) is 5.04. The molecule has 0 bridgehead atoms. The molecular formula is C17H34N2O. The minimum absolute atomic E-state index is 0.396. The Bertz CT molecular complexity index is 272. The first-order chi connectivity index (χ1) is 9.76. The molecule has 20 heavy (non-hydrogen) atoms. The molecule has 0 radical (unpaired) electrons. The number of ether oxygens (including phenoxy) is 1. The molecular weight excluding hydrogens is 248 g/mol. The summed E-state index contributed by atoms with van der Waals surface area (Å²) < 4.78 is 5.89. The van der Waals surface area contributed by atoms with Crippen LogP contribution in [0, 0.1) is 0 Å². The van der Waals surface area contributed by atoms with Gasteiger partial charge in [-0.05, 0) is 39.2 Å². The fraction of sp³-hybridized carbons (Fsp3) is 1.00. The van der Waals surface area contributed by atoms with Crippen molar-refractivity contribution < 1.29 is 4.74 Å². The molecule has 0 amide bonds. The van der Waals surface area contributed by atoms with Crippen molar-refractivity contribution in [3.8, 4) is 0 Å². The molecule has 1 saturated heterocycles. The molecule has 1 N–H and O–H groups in total. The third kappa shape index (κ3) is 4.19. The largest absolute Gasteiger partial charge is 0.376 e. The minimum Gasteiger partial charge on any atom is -0.376 e. The van der Waals surface area contributed by atoms with Gasteiger partial charge in [0.15, 0.2) is 0 Å². The summed E-state index contributed by atoms with van der Waals surface area (Å²) >= 11 is 0. The second kappa shape index (κ2) is 8.35. The number of nitrogens with zero attached hydrogens (tertiary/aromatic N) is 1. The van der Waals surface area contributed by atoms with Crippen molar-refractivity contribution in [2.45, 2.75) is 89.9 Å². The van der Waals surface area contributed by atoms with Crippen LogP contribution in [0.4, 0.5) is 0 Å². The zero-order valence-electron chi connectivity index (χ0n) is 13.7. The van der Waals surface area contributed by atoms with Gasteiger partial charge in [0.1, 0.15) is 0 Å². The first-order valence-corrected chi connectivity index (χ1v) is 8.87. The van der Waals surface area contributed by atoms with Crippen LogP contribution in [0.2, 0.25) is 0 Å². The van der Waals surface area contributed by atoms with Crippen molar-refractivity contribution in [1.29, 1.82) is 0 Å². The van der Waals surface area contributed by atoms with Crippen LogP contribution in [0.25, 0.3) is 0 Å². The van der Waals surface area contributed by atoms with Crippen LogP contribution < -0.4 is 5.32 Å². The second-order valence-corrected chi connectivity index (χ2v) is 6.67. The van der Waals surface area contributed by atoms with Crippen LogP contribution in [-0.2, 0) is 4.74 Å². The molecule has 3 nitrogen and oxygen atoms in total. The molecule has 2 rings (SSSR count). The first-order valence-electron chi connectivity index (χ1n) is 8.87. The van der Waals surface area contributed by atoms with Gasteiger partial charge in [-0.2, -0.15) is 0 Å². The summed E-state index contributed by atoms with van der Waals surface area (Å²) in [6, 6.07) is 2.04. The van der Waals surface area contributed by atoms with Gasteiger partial charge in [0, 0.05) is 24.7 Å². The normalized spacial score (nSPS) is 36.8. The standard InChI is InChI=1S/C17H34N2O/c1-4-11-18-16-9-7-6-8-10-17(16)19-12-14(3)20-13-15(19)5-2/h14-18H,4-13H2,1-3H3. The quantitative estimate of drug-likeness (QED) is 0.784. The van der Waals surface area contributed by atoms with E-state index in [1.54, 1.807) is 0 Å². The Balaban J connectivity index is 2.06. The second-order valence-electron chi connectivity index (χ2n) is 6.67. The Kier molecular flexibility index (Phi) is 6.79. The van der Waals surface area contributed by atoms with Crippen LogP contribution in [0.3, 0.4) is 0 Å². The SMILES string of the molecule is CCCNC1CCCCCC1N1CC(C)OCC1CC. The highest BCUT2D eigenvalue weighted by Crippen LogP contribution is 2.27. The van der Waals surface area contributed by atoms with E-state index >= 15 is 0 Å². The van der Waals surface area contributed by atoms with Gasteiger partial charge < -0.3 is 10.1 Å². The van der Waals surface area contributed by atoms with E-state index in [-0.39, 0.29) is 0 Å². The van der Waals surface area contributed by atoms with Crippen LogP contribution in [0.1, 0.15) is 65.7 Å². The Morgan fingerprint density at radius 1 is 1.15 bits per heavy atom. The van der Waals surface area contributed by atoms with E-state index in [0.29, 0.717) is 18.2 Å². The van der Waals surface area contributed by atoms with Crippen LogP contribution in [-0.4, -0.2) is 48.8 Å². The summed E-state index contributed by atoms with van der Waals surface area (Å²) in [5.74, 6) is 0. The predicted molar refractivity (Wildman–Crippen MR) is 85.2 cm³/mol. The van der Waals surface area contributed by atoms with E-state index in [9.17, 15) is 0 Å². The van der Waals surface area contributed by atoms with Gasteiger partial charge in [-0.25, -0.2) is 0 Å². The molecule has 1 aliphatic carbocycles. The lowest BCUT2D eigenvalue weighted by atomic mass is 9.97.